The Hall–Kier alpha value is -1.26. The van der Waals surface area contributed by atoms with Crippen LogP contribution >= 0.6 is 0 Å². The highest BCUT2D eigenvalue weighted by molar-refractivity contribution is 5.81. The molecule has 1 N–H and O–H groups in total. The SMILES string of the molecule is CCCN(CC(=O)OC)C(=O)NC1CCCC1. The lowest BCUT2D eigenvalue weighted by Gasteiger charge is -2.23. The van der Waals surface area contributed by atoms with E-state index in [4.69, 9.17) is 0 Å². The molecule has 1 aliphatic carbocycles. The van der Waals surface area contributed by atoms with Gasteiger partial charge in [0.25, 0.3) is 0 Å². The van der Waals surface area contributed by atoms with E-state index in [1.807, 2.05) is 6.92 Å². The molecule has 98 valence electrons. The van der Waals surface area contributed by atoms with Gasteiger partial charge in [0.2, 0.25) is 0 Å². The van der Waals surface area contributed by atoms with Crippen molar-refractivity contribution in [3.63, 3.8) is 0 Å². The Kier molecular flexibility index (Phi) is 5.80. The lowest BCUT2D eigenvalue weighted by atomic mass is 10.2. The van der Waals surface area contributed by atoms with Crippen molar-refractivity contribution in [1.29, 1.82) is 0 Å². The highest BCUT2D eigenvalue weighted by Gasteiger charge is 2.22. The first kappa shape index (κ1) is 13.8. The zero-order chi connectivity index (χ0) is 12.7. The summed E-state index contributed by atoms with van der Waals surface area (Å²) in [5.74, 6) is -0.375. The standard InChI is InChI=1S/C12H22N2O3/c1-3-8-14(9-11(15)17-2)12(16)13-10-6-4-5-7-10/h10H,3-9H2,1-2H3,(H,13,16). The highest BCUT2D eigenvalue weighted by Crippen LogP contribution is 2.17. The third kappa shape index (κ3) is 4.63. The molecule has 17 heavy (non-hydrogen) atoms. The van der Waals surface area contributed by atoms with Crippen molar-refractivity contribution in [2.24, 2.45) is 0 Å². The van der Waals surface area contributed by atoms with Gasteiger partial charge in [-0.3, -0.25) is 4.79 Å². The van der Waals surface area contributed by atoms with E-state index in [-0.39, 0.29) is 24.6 Å². The Labute approximate surface area is 102 Å². The monoisotopic (exact) mass is 242 g/mol. The second-order valence-electron chi connectivity index (χ2n) is 4.43. The largest absolute Gasteiger partial charge is 0.468 e. The van der Waals surface area contributed by atoms with Gasteiger partial charge in [0.15, 0.2) is 0 Å². The predicted molar refractivity (Wildman–Crippen MR) is 64.7 cm³/mol. The first-order valence-corrected chi connectivity index (χ1v) is 6.29. The topological polar surface area (TPSA) is 58.6 Å². The first-order chi connectivity index (χ1) is 8.17. The number of esters is 1. The lowest BCUT2D eigenvalue weighted by molar-refractivity contribution is -0.141. The number of nitrogens with zero attached hydrogens (tertiary/aromatic N) is 1. The lowest BCUT2D eigenvalue weighted by Crippen LogP contribution is -2.46. The van der Waals surface area contributed by atoms with Gasteiger partial charge >= 0.3 is 12.0 Å². The third-order valence-electron chi connectivity index (χ3n) is 3.01. The zero-order valence-electron chi connectivity index (χ0n) is 10.7. The molecular formula is C12H22N2O3. The van der Waals surface area contributed by atoms with Gasteiger partial charge in [-0.25, -0.2) is 4.79 Å². The van der Waals surface area contributed by atoms with Gasteiger partial charge in [0, 0.05) is 12.6 Å². The Morgan fingerprint density at radius 2 is 2.00 bits per heavy atom. The molecule has 5 nitrogen and oxygen atoms in total. The third-order valence-corrected chi connectivity index (χ3v) is 3.01. The summed E-state index contributed by atoms with van der Waals surface area (Å²) in [5.41, 5.74) is 0. The van der Waals surface area contributed by atoms with Crippen molar-refractivity contribution in [3.8, 4) is 0 Å². The maximum Gasteiger partial charge on any atom is 0.325 e. The number of nitrogens with one attached hydrogen (secondary N) is 1. The number of urea groups is 1. The van der Waals surface area contributed by atoms with Gasteiger partial charge in [0.1, 0.15) is 6.54 Å². The van der Waals surface area contributed by atoms with Crippen LogP contribution in [-0.4, -0.2) is 43.1 Å². The van der Waals surface area contributed by atoms with Gasteiger partial charge in [-0.05, 0) is 19.3 Å². The van der Waals surface area contributed by atoms with Crippen LogP contribution in [0, 0.1) is 0 Å². The van der Waals surface area contributed by atoms with Crippen LogP contribution in [0.15, 0.2) is 0 Å². The smallest absolute Gasteiger partial charge is 0.325 e. The molecule has 0 spiro atoms. The number of ether oxygens (including phenoxy) is 1. The molecule has 5 heteroatoms. The Bertz CT molecular complexity index is 262. The van der Waals surface area contributed by atoms with E-state index in [1.165, 1.54) is 24.9 Å². The van der Waals surface area contributed by atoms with Crippen molar-refractivity contribution in [2.45, 2.75) is 45.1 Å². The molecule has 0 saturated heterocycles. The fourth-order valence-corrected chi connectivity index (χ4v) is 2.08. The van der Waals surface area contributed by atoms with Crippen LogP contribution in [0.2, 0.25) is 0 Å². The van der Waals surface area contributed by atoms with Crippen LogP contribution < -0.4 is 5.32 Å². The molecule has 0 heterocycles. The quantitative estimate of drug-likeness (QED) is 0.744. The summed E-state index contributed by atoms with van der Waals surface area (Å²) in [6.07, 6.45) is 5.27. The van der Waals surface area contributed by atoms with Crippen LogP contribution in [0.3, 0.4) is 0 Å². The van der Waals surface area contributed by atoms with Gasteiger partial charge in [0.05, 0.1) is 7.11 Å². The molecule has 0 radical (unpaired) electrons. The number of methoxy groups -OCH3 is 1. The van der Waals surface area contributed by atoms with E-state index in [0.717, 1.165) is 19.3 Å². The Morgan fingerprint density at radius 1 is 1.35 bits per heavy atom. The van der Waals surface area contributed by atoms with Crippen LogP contribution in [0.1, 0.15) is 39.0 Å². The second kappa shape index (κ2) is 7.14. The summed E-state index contributed by atoms with van der Waals surface area (Å²) < 4.78 is 4.59. The minimum Gasteiger partial charge on any atom is -0.468 e. The number of hydrogen-bond acceptors (Lipinski definition) is 3. The van der Waals surface area contributed by atoms with E-state index in [0.29, 0.717) is 6.54 Å². The number of carbonyl (C=O) groups excluding carboxylic acids is 2. The van der Waals surface area contributed by atoms with Crippen LogP contribution in [-0.2, 0) is 9.53 Å². The Balaban J connectivity index is 2.43. The second-order valence-corrected chi connectivity index (χ2v) is 4.43. The van der Waals surface area contributed by atoms with Gasteiger partial charge < -0.3 is 15.0 Å². The number of amides is 2. The summed E-state index contributed by atoms with van der Waals surface area (Å²) in [4.78, 5) is 24.7. The van der Waals surface area contributed by atoms with E-state index < -0.39 is 0 Å². The zero-order valence-corrected chi connectivity index (χ0v) is 10.7. The molecule has 1 saturated carbocycles. The van der Waals surface area contributed by atoms with Crippen LogP contribution in [0.4, 0.5) is 4.79 Å². The van der Waals surface area contributed by atoms with E-state index in [2.05, 4.69) is 10.1 Å². The first-order valence-electron chi connectivity index (χ1n) is 6.29. The normalized spacial score (nSPS) is 15.6. The predicted octanol–water partition coefficient (Wildman–Crippen LogP) is 1.52. The molecule has 0 aromatic heterocycles. The number of rotatable bonds is 5. The molecule has 1 aliphatic rings. The van der Waals surface area contributed by atoms with Crippen molar-refractivity contribution < 1.29 is 14.3 Å². The molecule has 1 fully saturated rings. The molecule has 0 aromatic carbocycles. The van der Waals surface area contributed by atoms with Crippen LogP contribution in [0.5, 0.6) is 0 Å². The van der Waals surface area contributed by atoms with Crippen molar-refractivity contribution >= 4 is 12.0 Å². The highest BCUT2D eigenvalue weighted by atomic mass is 16.5. The fraction of sp³-hybridized carbons (Fsp3) is 0.833. The minimum atomic E-state index is -0.375. The van der Waals surface area contributed by atoms with Gasteiger partial charge in [-0.1, -0.05) is 19.8 Å². The summed E-state index contributed by atoms with van der Waals surface area (Å²) in [6.45, 7) is 2.59. The van der Waals surface area contributed by atoms with Crippen molar-refractivity contribution in [2.75, 3.05) is 20.2 Å². The molecule has 0 atom stereocenters. The van der Waals surface area contributed by atoms with E-state index in [9.17, 15) is 9.59 Å². The molecule has 0 aliphatic heterocycles. The van der Waals surface area contributed by atoms with E-state index >= 15 is 0 Å². The number of hydrogen-bond donors (Lipinski definition) is 1. The van der Waals surface area contributed by atoms with E-state index in [1.54, 1.807) is 0 Å². The summed E-state index contributed by atoms with van der Waals surface area (Å²) in [7, 11) is 1.33. The molecule has 0 unspecified atom stereocenters. The fourth-order valence-electron chi connectivity index (χ4n) is 2.08. The average molecular weight is 242 g/mol. The maximum atomic E-state index is 11.9. The van der Waals surface area contributed by atoms with Gasteiger partial charge in [-0.2, -0.15) is 0 Å². The maximum absolute atomic E-state index is 11.9. The summed E-state index contributed by atoms with van der Waals surface area (Å²) in [5, 5.41) is 2.97. The van der Waals surface area contributed by atoms with Crippen molar-refractivity contribution in [3.05, 3.63) is 0 Å². The molecule has 1 rings (SSSR count). The Morgan fingerprint density at radius 3 is 2.53 bits per heavy atom. The summed E-state index contributed by atoms with van der Waals surface area (Å²) >= 11 is 0. The summed E-state index contributed by atoms with van der Waals surface area (Å²) in [6, 6.07) is 0.128. The van der Waals surface area contributed by atoms with Crippen LogP contribution in [0.25, 0.3) is 0 Å². The molecule has 0 bridgehead atoms. The number of carbonyl (C=O) groups is 2. The average Bonchev–Trinajstić information content (AvgIpc) is 2.81. The van der Waals surface area contributed by atoms with Crippen molar-refractivity contribution in [1.82, 2.24) is 10.2 Å². The minimum absolute atomic E-state index is 0.0306. The molecule has 2 amide bonds. The van der Waals surface area contributed by atoms with Gasteiger partial charge in [-0.15, -0.1) is 0 Å². The molecular weight excluding hydrogens is 220 g/mol. The molecule has 0 aromatic rings.